The van der Waals surface area contributed by atoms with E-state index in [9.17, 15) is 23.2 Å². The fourth-order valence-corrected chi connectivity index (χ4v) is 5.78. The van der Waals surface area contributed by atoms with Gasteiger partial charge in [-0.1, -0.05) is 49.7 Å². The Labute approximate surface area is 261 Å². The fourth-order valence-electron chi connectivity index (χ4n) is 5.51. The van der Waals surface area contributed by atoms with Crippen LogP contribution in [0.4, 0.5) is 24.5 Å². The normalized spacial score (nSPS) is 15.2. The van der Waals surface area contributed by atoms with Crippen LogP contribution >= 0.6 is 11.6 Å². The van der Waals surface area contributed by atoms with Gasteiger partial charge >= 0.3 is 6.18 Å². The molecule has 0 aliphatic heterocycles. The summed E-state index contributed by atoms with van der Waals surface area (Å²) in [7, 11) is 1.66. The van der Waals surface area contributed by atoms with Crippen molar-refractivity contribution in [1.82, 2.24) is 24.5 Å². The average molecular weight is 635 g/mol. The summed E-state index contributed by atoms with van der Waals surface area (Å²) >= 11 is 6.74. The average Bonchev–Trinajstić information content (AvgIpc) is 3.67. The number of alkyl halides is 3. The van der Waals surface area contributed by atoms with Crippen LogP contribution < -0.4 is 16.2 Å². The number of nitrogens with one attached hydrogen (secondary N) is 2. The SMILES string of the molecule is Cn1c(=O)ccc2c([C@H](Nc3cc(Cl)c4ncc(C#N)c(NCC(C)(C)C)c4c3)c3cn(C4(C(F)(F)F)CC4)nn3)cccc21. The molecule has 232 valence electrons. The first-order valence-corrected chi connectivity index (χ1v) is 14.7. The summed E-state index contributed by atoms with van der Waals surface area (Å²) < 4.78 is 44.4. The van der Waals surface area contributed by atoms with Gasteiger partial charge in [0.1, 0.15) is 11.8 Å². The number of aromatic nitrogens is 5. The van der Waals surface area contributed by atoms with Gasteiger partial charge in [-0.3, -0.25) is 9.78 Å². The first-order valence-electron chi connectivity index (χ1n) is 14.3. The highest BCUT2D eigenvalue weighted by Gasteiger charge is 2.66. The molecule has 0 radical (unpaired) electrons. The van der Waals surface area contributed by atoms with E-state index in [2.05, 4.69) is 52.8 Å². The molecule has 2 aromatic carbocycles. The Morgan fingerprint density at radius 2 is 1.89 bits per heavy atom. The molecular formula is C32H30ClF3N8O. The van der Waals surface area contributed by atoms with Crippen LogP contribution in [0, 0.1) is 16.7 Å². The van der Waals surface area contributed by atoms with Crippen molar-refractivity contribution in [2.45, 2.75) is 51.4 Å². The quantitative estimate of drug-likeness (QED) is 0.200. The second-order valence-corrected chi connectivity index (χ2v) is 13.0. The predicted molar refractivity (Wildman–Crippen MR) is 167 cm³/mol. The van der Waals surface area contributed by atoms with Gasteiger partial charge in [-0.25, -0.2) is 4.68 Å². The van der Waals surface area contributed by atoms with Crippen molar-refractivity contribution in [3.63, 3.8) is 0 Å². The van der Waals surface area contributed by atoms with Crippen LogP contribution in [0.5, 0.6) is 0 Å². The summed E-state index contributed by atoms with van der Waals surface area (Å²) in [4.78, 5) is 16.8. The van der Waals surface area contributed by atoms with Crippen LogP contribution in [0.15, 0.2) is 59.7 Å². The molecule has 1 saturated carbocycles. The summed E-state index contributed by atoms with van der Waals surface area (Å²) in [5.41, 5.74) is 1.10. The maximum Gasteiger partial charge on any atom is 0.413 e. The van der Waals surface area contributed by atoms with Crippen LogP contribution in [0.25, 0.3) is 21.8 Å². The molecule has 13 heteroatoms. The number of fused-ring (bicyclic) bond motifs is 2. The monoisotopic (exact) mass is 634 g/mol. The zero-order chi connectivity index (χ0) is 32.3. The van der Waals surface area contributed by atoms with Gasteiger partial charge < -0.3 is 15.2 Å². The fraction of sp³-hybridized carbons (Fsp3) is 0.344. The molecule has 6 rings (SSSR count). The van der Waals surface area contributed by atoms with Crippen molar-refractivity contribution >= 4 is 44.8 Å². The van der Waals surface area contributed by atoms with Crippen LogP contribution in [0.3, 0.4) is 0 Å². The van der Waals surface area contributed by atoms with Crippen molar-refractivity contribution in [3.05, 3.63) is 87.1 Å². The molecule has 0 bridgehead atoms. The van der Waals surface area contributed by atoms with Gasteiger partial charge in [0.25, 0.3) is 5.56 Å². The van der Waals surface area contributed by atoms with E-state index in [0.29, 0.717) is 55.9 Å². The molecule has 0 amide bonds. The topological polar surface area (TPSA) is 113 Å². The largest absolute Gasteiger partial charge is 0.413 e. The number of pyridine rings is 2. The van der Waals surface area contributed by atoms with E-state index < -0.39 is 17.8 Å². The van der Waals surface area contributed by atoms with E-state index in [1.165, 1.54) is 23.0 Å². The van der Waals surface area contributed by atoms with Crippen LogP contribution in [0.1, 0.15) is 56.5 Å². The molecule has 0 saturated heterocycles. The maximum absolute atomic E-state index is 14.0. The van der Waals surface area contributed by atoms with Crippen molar-refractivity contribution in [2.24, 2.45) is 12.5 Å². The molecule has 0 spiro atoms. The molecule has 2 N–H and O–H groups in total. The molecule has 0 unspecified atom stereocenters. The van der Waals surface area contributed by atoms with Gasteiger partial charge in [-0.2, -0.15) is 18.4 Å². The Morgan fingerprint density at radius 1 is 1.13 bits per heavy atom. The molecule has 1 atom stereocenters. The molecule has 3 heterocycles. The summed E-state index contributed by atoms with van der Waals surface area (Å²) in [5, 5.41) is 26.4. The summed E-state index contributed by atoms with van der Waals surface area (Å²) in [6, 6.07) is 13.4. The number of nitrogens with zero attached hydrogens (tertiary/aromatic N) is 6. The van der Waals surface area contributed by atoms with Gasteiger partial charge in [-0.15, -0.1) is 5.10 Å². The molecule has 1 aliphatic carbocycles. The summed E-state index contributed by atoms with van der Waals surface area (Å²) in [6.45, 7) is 6.77. The second kappa shape index (κ2) is 10.8. The van der Waals surface area contributed by atoms with Gasteiger partial charge in [-0.05, 0) is 48.1 Å². The number of halogens is 4. The third kappa shape index (κ3) is 5.46. The lowest BCUT2D eigenvalue weighted by molar-refractivity contribution is -0.182. The highest BCUT2D eigenvalue weighted by Crippen LogP contribution is 2.55. The van der Waals surface area contributed by atoms with Crippen molar-refractivity contribution in [1.29, 1.82) is 5.26 Å². The first-order chi connectivity index (χ1) is 21.2. The minimum Gasteiger partial charge on any atom is -0.383 e. The third-order valence-electron chi connectivity index (χ3n) is 8.16. The van der Waals surface area contributed by atoms with Gasteiger partial charge in [0.05, 0.1) is 39.5 Å². The molecule has 1 fully saturated rings. The van der Waals surface area contributed by atoms with E-state index in [-0.39, 0.29) is 29.5 Å². The number of benzene rings is 2. The predicted octanol–water partition coefficient (Wildman–Crippen LogP) is 6.91. The number of hydrogen-bond acceptors (Lipinski definition) is 7. The highest BCUT2D eigenvalue weighted by atomic mass is 35.5. The van der Waals surface area contributed by atoms with Gasteiger partial charge in [0.15, 0.2) is 5.54 Å². The molecular weight excluding hydrogens is 605 g/mol. The van der Waals surface area contributed by atoms with E-state index in [0.717, 1.165) is 4.68 Å². The van der Waals surface area contributed by atoms with Crippen molar-refractivity contribution in [2.75, 3.05) is 17.2 Å². The first kappa shape index (κ1) is 30.4. The Balaban J connectivity index is 1.51. The number of aryl methyl sites for hydroxylation is 1. The Morgan fingerprint density at radius 3 is 2.56 bits per heavy atom. The number of hydrogen-bond donors (Lipinski definition) is 2. The minimum absolute atomic E-state index is 0.0768. The van der Waals surface area contributed by atoms with E-state index in [1.54, 1.807) is 37.4 Å². The zero-order valence-corrected chi connectivity index (χ0v) is 25.8. The maximum atomic E-state index is 14.0. The van der Waals surface area contributed by atoms with Gasteiger partial charge in [0.2, 0.25) is 0 Å². The summed E-state index contributed by atoms with van der Waals surface area (Å²) in [6.07, 6.45) is -1.83. The Bertz CT molecular complexity index is 2050. The Kier molecular flexibility index (Phi) is 7.27. The lowest BCUT2D eigenvalue weighted by Gasteiger charge is -2.23. The van der Waals surface area contributed by atoms with E-state index in [1.807, 2.05) is 6.07 Å². The lowest BCUT2D eigenvalue weighted by atomic mass is 9.96. The van der Waals surface area contributed by atoms with E-state index >= 15 is 0 Å². The Hall–Kier alpha value is -4.63. The van der Waals surface area contributed by atoms with Crippen LogP contribution in [-0.4, -0.2) is 37.3 Å². The summed E-state index contributed by atoms with van der Waals surface area (Å²) in [5.74, 6) is 0. The second-order valence-electron chi connectivity index (χ2n) is 12.6. The third-order valence-corrected chi connectivity index (χ3v) is 8.45. The number of anilines is 2. The van der Waals surface area contributed by atoms with Gasteiger partial charge in [0, 0.05) is 42.3 Å². The van der Waals surface area contributed by atoms with Crippen LogP contribution in [0.2, 0.25) is 5.02 Å². The molecule has 1 aliphatic rings. The number of nitriles is 1. The molecule has 5 aromatic rings. The molecule has 45 heavy (non-hydrogen) atoms. The van der Waals surface area contributed by atoms with Crippen molar-refractivity contribution in [3.8, 4) is 6.07 Å². The minimum atomic E-state index is -4.48. The van der Waals surface area contributed by atoms with Crippen molar-refractivity contribution < 1.29 is 13.2 Å². The number of rotatable bonds is 7. The highest BCUT2D eigenvalue weighted by molar-refractivity contribution is 6.35. The van der Waals surface area contributed by atoms with E-state index in [4.69, 9.17) is 11.6 Å². The standard InChI is InChI=1S/C32H30ClF3N8O/c1-30(2,3)17-39-27-18(14-37)15-38-28-22(27)12-19(13-23(28)33)40-29(21-6-5-7-25-20(21)8-9-26(45)43(25)4)24-16-44(42-41-24)31(10-11-31)32(34,35)36/h5-9,12-13,15-16,29,40H,10-11,17H2,1-4H3,(H,38,39)/t29-/m0/s1. The molecule has 9 nitrogen and oxygen atoms in total. The smallest absolute Gasteiger partial charge is 0.383 e. The zero-order valence-electron chi connectivity index (χ0n) is 25.0. The van der Waals surface area contributed by atoms with Crippen LogP contribution in [-0.2, 0) is 12.6 Å². The lowest BCUT2D eigenvalue weighted by Crippen LogP contribution is -2.35. The molecule has 3 aromatic heterocycles.